The molecular weight excluding hydrogens is 322 g/mol. The van der Waals surface area contributed by atoms with Crippen LogP contribution in [0, 0.1) is 11.6 Å². The lowest BCUT2D eigenvalue weighted by Gasteiger charge is -2.10. The zero-order valence-electron chi connectivity index (χ0n) is 9.36. The third-order valence-corrected chi connectivity index (χ3v) is 2.92. The van der Waals surface area contributed by atoms with Gasteiger partial charge in [0.05, 0.1) is 4.47 Å². The summed E-state index contributed by atoms with van der Waals surface area (Å²) in [5.74, 6) is -2.78. The molecule has 0 aliphatic rings. The number of rotatable bonds is 3. The van der Waals surface area contributed by atoms with Gasteiger partial charge in [0.25, 0.3) is 0 Å². The molecule has 6 heteroatoms. The number of benzene rings is 2. The molecule has 0 radical (unpaired) electrons. The monoisotopic (exact) mass is 328 g/mol. The van der Waals surface area contributed by atoms with Crippen molar-refractivity contribution in [2.75, 3.05) is 0 Å². The number of halogens is 3. The summed E-state index contributed by atoms with van der Waals surface area (Å²) < 4.78 is 32.0. The van der Waals surface area contributed by atoms with E-state index in [0.717, 1.165) is 18.2 Å². The van der Waals surface area contributed by atoms with E-state index in [1.54, 1.807) is 0 Å². The highest BCUT2D eigenvalue weighted by atomic mass is 79.9. The minimum atomic E-state index is -1.44. The largest absolute Gasteiger partial charge is 0.477 e. The summed E-state index contributed by atoms with van der Waals surface area (Å²) in [5.41, 5.74) is -0.571. The predicted molar refractivity (Wildman–Crippen MR) is 67.5 cm³/mol. The van der Waals surface area contributed by atoms with Crippen LogP contribution in [0.4, 0.5) is 8.78 Å². The van der Waals surface area contributed by atoms with Gasteiger partial charge in [-0.05, 0) is 46.3 Å². The fourth-order valence-corrected chi connectivity index (χ4v) is 1.91. The van der Waals surface area contributed by atoms with E-state index in [1.807, 2.05) is 0 Å². The Hall–Kier alpha value is -1.95. The molecule has 0 spiro atoms. The molecule has 0 bridgehead atoms. The van der Waals surface area contributed by atoms with Crippen molar-refractivity contribution in [3.8, 4) is 11.5 Å². The first-order valence-corrected chi connectivity index (χ1v) is 5.93. The Morgan fingerprint density at radius 2 is 1.89 bits per heavy atom. The van der Waals surface area contributed by atoms with Gasteiger partial charge in [-0.1, -0.05) is 6.07 Å². The minimum absolute atomic E-state index is 0.153. The summed E-state index contributed by atoms with van der Waals surface area (Å²) in [6.45, 7) is 0. The number of carbonyl (C=O) groups is 1. The molecule has 1 N–H and O–H groups in total. The molecule has 3 nitrogen and oxygen atoms in total. The van der Waals surface area contributed by atoms with E-state index in [4.69, 9.17) is 9.84 Å². The second-order valence-electron chi connectivity index (χ2n) is 3.59. The molecule has 0 saturated carbocycles. The van der Waals surface area contributed by atoms with Crippen LogP contribution in [0.5, 0.6) is 11.5 Å². The highest BCUT2D eigenvalue weighted by Gasteiger charge is 2.18. The van der Waals surface area contributed by atoms with E-state index in [1.165, 1.54) is 18.2 Å². The van der Waals surface area contributed by atoms with Crippen LogP contribution in [-0.2, 0) is 0 Å². The topological polar surface area (TPSA) is 46.5 Å². The quantitative estimate of drug-likeness (QED) is 0.917. The molecule has 0 amide bonds. The summed E-state index contributed by atoms with van der Waals surface area (Å²) in [6.07, 6.45) is 0. The molecule has 0 fully saturated rings. The van der Waals surface area contributed by atoms with Crippen LogP contribution in [0.1, 0.15) is 10.4 Å². The van der Waals surface area contributed by atoms with E-state index < -0.39 is 23.2 Å². The third kappa shape index (κ3) is 2.90. The van der Waals surface area contributed by atoms with Crippen LogP contribution < -0.4 is 4.74 Å². The molecule has 98 valence electrons. The average molecular weight is 329 g/mol. The summed E-state index contributed by atoms with van der Waals surface area (Å²) >= 11 is 3.08. The minimum Gasteiger partial charge on any atom is -0.477 e. The maximum atomic E-state index is 13.4. The first-order valence-electron chi connectivity index (χ1n) is 5.13. The molecule has 0 atom stereocenters. The van der Waals surface area contributed by atoms with Gasteiger partial charge in [0.1, 0.15) is 28.7 Å². The Kier molecular flexibility index (Phi) is 3.80. The van der Waals surface area contributed by atoms with E-state index in [2.05, 4.69) is 15.9 Å². The summed E-state index contributed by atoms with van der Waals surface area (Å²) in [6, 6.07) is 7.30. The predicted octanol–water partition coefficient (Wildman–Crippen LogP) is 4.22. The van der Waals surface area contributed by atoms with Crippen LogP contribution in [0.25, 0.3) is 0 Å². The van der Waals surface area contributed by atoms with Crippen LogP contribution in [0.2, 0.25) is 0 Å². The summed E-state index contributed by atoms with van der Waals surface area (Å²) in [4.78, 5) is 11.0. The maximum Gasteiger partial charge on any atom is 0.342 e. The Labute approximate surface area is 115 Å². The van der Waals surface area contributed by atoms with Gasteiger partial charge >= 0.3 is 5.97 Å². The van der Waals surface area contributed by atoms with Gasteiger partial charge in [-0.25, -0.2) is 13.6 Å². The highest BCUT2D eigenvalue weighted by molar-refractivity contribution is 9.10. The molecule has 0 unspecified atom stereocenters. The standard InChI is InChI=1S/C13H7BrF2O3/c14-8-6-7(15)4-5-10(8)19-11-3-1-2-9(16)12(11)13(17)18/h1-6H,(H,17,18). The lowest BCUT2D eigenvalue weighted by atomic mass is 10.2. The Balaban J connectivity index is 2.44. The van der Waals surface area contributed by atoms with Crippen LogP contribution in [0.3, 0.4) is 0 Å². The zero-order chi connectivity index (χ0) is 14.0. The Bertz CT molecular complexity index is 644. The normalized spacial score (nSPS) is 10.3. The van der Waals surface area contributed by atoms with E-state index in [9.17, 15) is 13.6 Å². The van der Waals surface area contributed by atoms with Gasteiger partial charge in [0.2, 0.25) is 0 Å². The van der Waals surface area contributed by atoms with E-state index in [0.29, 0.717) is 4.47 Å². The van der Waals surface area contributed by atoms with Gasteiger partial charge in [-0.2, -0.15) is 0 Å². The van der Waals surface area contributed by atoms with Gasteiger partial charge in [-0.15, -0.1) is 0 Å². The van der Waals surface area contributed by atoms with Gasteiger partial charge < -0.3 is 9.84 Å². The second-order valence-corrected chi connectivity index (χ2v) is 4.45. The van der Waals surface area contributed by atoms with Crippen molar-refractivity contribution in [2.24, 2.45) is 0 Å². The number of hydrogen-bond donors (Lipinski definition) is 1. The van der Waals surface area contributed by atoms with Gasteiger partial charge in [0.15, 0.2) is 0 Å². The Morgan fingerprint density at radius 3 is 2.53 bits per heavy atom. The second kappa shape index (κ2) is 5.36. The fourth-order valence-electron chi connectivity index (χ4n) is 1.47. The van der Waals surface area contributed by atoms with Crippen molar-refractivity contribution in [3.05, 3.63) is 58.1 Å². The maximum absolute atomic E-state index is 13.4. The Morgan fingerprint density at radius 1 is 1.16 bits per heavy atom. The summed E-state index contributed by atoms with van der Waals surface area (Å²) in [5, 5.41) is 8.95. The first kappa shape index (κ1) is 13.5. The first-order chi connectivity index (χ1) is 8.99. The van der Waals surface area contributed by atoms with Crippen molar-refractivity contribution >= 4 is 21.9 Å². The lowest BCUT2D eigenvalue weighted by molar-refractivity contribution is 0.0689. The number of aromatic carboxylic acids is 1. The molecule has 2 aromatic carbocycles. The number of ether oxygens (including phenoxy) is 1. The van der Waals surface area contributed by atoms with Crippen molar-refractivity contribution in [2.45, 2.75) is 0 Å². The molecule has 0 aliphatic heterocycles. The van der Waals surface area contributed by atoms with Crippen molar-refractivity contribution in [3.63, 3.8) is 0 Å². The van der Waals surface area contributed by atoms with Crippen LogP contribution in [-0.4, -0.2) is 11.1 Å². The molecule has 2 aromatic rings. The molecule has 2 rings (SSSR count). The molecule has 0 aliphatic carbocycles. The van der Waals surface area contributed by atoms with E-state index in [-0.39, 0.29) is 11.5 Å². The third-order valence-electron chi connectivity index (χ3n) is 2.30. The van der Waals surface area contributed by atoms with E-state index >= 15 is 0 Å². The van der Waals surface area contributed by atoms with Crippen LogP contribution in [0.15, 0.2) is 40.9 Å². The molecule has 19 heavy (non-hydrogen) atoms. The summed E-state index contributed by atoms with van der Waals surface area (Å²) in [7, 11) is 0. The smallest absolute Gasteiger partial charge is 0.342 e. The molecule has 0 aromatic heterocycles. The molecular formula is C13H7BrF2O3. The SMILES string of the molecule is O=C(O)c1c(F)cccc1Oc1ccc(F)cc1Br. The number of hydrogen-bond acceptors (Lipinski definition) is 2. The lowest BCUT2D eigenvalue weighted by Crippen LogP contribution is -2.03. The highest BCUT2D eigenvalue weighted by Crippen LogP contribution is 2.32. The fraction of sp³-hybridized carbons (Fsp3) is 0. The average Bonchev–Trinajstić information content (AvgIpc) is 2.32. The van der Waals surface area contributed by atoms with Crippen molar-refractivity contribution in [1.29, 1.82) is 0 Å². The molecule has 0 saturated heterocycles. The van der Waals surface area contributed by atoms with Crippen molar-refractivity contribution in [1.82, 2.24) is 0 Å². The van der Waals surface area contributed by atoms with Gasteiger partial charge in [-0.3, -0.25) is 0 Å². The van der Waals surface area contributed by atoms with Crippen molar-refractivity contribution < 1.29 is 23.4 Å². The van der Waals surface area contributed by atoms with Crippen LogP contribution >= 0.6 is 15.9 Å². The zero-order valence-corrected chi connectivity index (χ0v) is 10.9. The number of carboxylic acids is 1. The van der Waals surface area contributed by atoms with Gasteiger partial charge in [0, 0.05) is 0 Å². The molecule has 0 heterocycles. The number of carboxylic acid groups (broad SMARTS) is 1.